The highest BCUT2D eigenvalue weighted by Gasteiger charge is 2.27. The van der Waals surface area contributed by atoms with Crippen molar-refractivity contribution in [2.45, 2.75) is 45.1 Å². The zero-order valence-electron chi connectivity index (χ0n) is 10.2. The van der Waals surface area contributed by atoms with Crippen molar-refractivity contribution in [3.8, 4) is 0 Å². The van der Waals surface area contributed by atoms with Crippen LogP contribution in [-0.4, -0.2) is 36.9 Å². The number of halogens is 1. The summed E-state index contributed by atoms with van der Waals surface area (Å²) >= 11 is 3.33. The van der Waals surface area contributed by atoms with Crippen LogP contribution in [0.5, 0.6) is 0 Å². The van der Waals surface area contributed by atoms with Crippen molar-refractivity contribution in [1.82, 2.24) is 4.31 Å². The fourth-order valence-electron chi connectivity index (χ4n) is 2.14. The molecule has 0 heterocycles. The minimum atomic E-state index is -3.07. The van der Waals surface area contributed by atoms with Gasteiger partial charge in [0.05, 0.1) is 5.75 Å². The minimum Gasteiger partial charge on any atom is -0.212 e. The SMILES string of the molecule is CC(CBr)N(C)S(=O)(=O)CC1CCCCC1. The molecule has 0 spiro atoms. The van der Waals surface area contributed by atoms with Gasteiger partial charge in [-0.15, -0.1) is 0 Å². The van der Waals surface area contributed by atoms with Crippen LogP contribution in [0.4, 0.5) is 0 Å². The Morgan fingerprint density at radius 2 is 1.88 bits per heavy atom. The summed E-state index contributed by atoms with van der Waals surface area (Å²) in [5, 5.41) is 0.688. The fourth-order valence-corrected chi connectivity index (χ4v) is 4.55. The molecule has 0 aliphatic heterocycles. The molecule has 0 aromatic carbocycles. The summed E-state index contributed by atoms with van der Waals surface area (Å²) in [7, 11) is -1.38. The maximum atomic E-state index is 12.1. The monoisotopic (exact) mass is 311 g/mol. The van der Waals surface area contributed by atoms with Gasteiger partial charge >= 0.3 is 0 Å². The van der Waals surface area contributed by atoms with Crippen molar-refractivity contribution >= 4 is 26.0 Å². The second kappa shape index (κ2) is 6.36. The number of alkyl halides is 1. The van der Waals surface area contributed by atoms with E-state index in [1.165, 1.54) is 23.6 Å². The molecule has 0 N–H and O–H groups in total. The van der Waals surface area contributed by atoms with Gasteiger partial charge in [0.2, 0.25) is 10.0 Å². The van der Waals surface area contributed by atoms with Crippen LogP contribution in [-0.2, 0) is 10.0 Å². The van der Waals surface area contributed by atoms with Gasteiger partial charge < -0.3 is 0 Å². The van der Waals surface area contributed by atoms with Gasteiger partial charge in [-0.25, -0.2) is 12.7 Å². The predicted octanol–water partition coefficient (Wildman–Crippen LogP) is 2.61. The molecule has 1 atom stereocenters. The summed E-state index contributed by atoms with van der Waals surface area (Å²) in [4.78, 5) is 0. The van der Waals surface area contributed by atoms with E-state index >= 15 is 0 Å². The van der Waals surface area contributed by atoms with E-state index in [1.807, 2.05) is 6.92 Å². The normalized spacial score (nSPS) is 21.2. The first kappa shape index (κ1) is 14.5. The third-order valence-electron chi connectivity index (χ3n) is 3.45. The number of sulfonamides is 1. The van der Waals surface area contributed by atoms with E-state index < -0.39 is 10.0 Å². The number of rotatable bonds is 5. The van der Waals surface area contributed by atoms with Gasteiger partial charge in [0.1, 0.15) is 0 Å². The molecule has 1 aliphatic carbocycles. The minimum absolute atomic E-state index is 0.0357. The highest BCUT2D eigenvalue weighted by Crippen LogP contribution is 2.26. The lowest BCUT2D eigenvalue weighted by Crippen LogP contribution is -2.39. The third-order valence-corrected chi connectivity index (χ3v) is 6.52. The summed E-state index contributed by atoms with van der Waals surface area (Å²) in [6.07, 6.45) is 5.81. The summed E-state index contributed by atoms with van der Waals surface area (Å²) < 4.78 is 25.7. The molecule has 3 nitrogen and oxygen atoms in total. The van der Waals surface area contributed by atoms with Crippen LogP contribution in [0.2, 0.25) is 0 Å². The lowest BCUT2D eigenvalue weighted by atomic mass is 9.91. The standard InChI is InChI=1S/C11H22BrNO2S/c1-10(8-12)13(2)16(14,15)9-11-6-4-3-5-7-11/h10-11H,3-9H2,1-2H3. The predicted molar refractivity (Wildman–Crippen MR) is 71.4 cm³/mol. The summed E-state index contributed by atoms with van der Waals surface area (Å²) in [6, 6.07) is 0.0357. The molecular formula is C11H22BrNO2S. The molecule has 1 aliphatic rings. The molecule has 0 amide bonds. The van der Waals surface area contributed by atoms with Crippen molar-refractivity contribution in [1.29, 1.82) is 0 Å². The van der Waals surface area contributed by atoms with Crippen LogP contribution >= 0.6 is 15.9 Å². The first-order chi connectivity index (χ1) is 7.47. The zero-order chi connectivity index (χ0) is 12.2. The van der Waals surface area contributed by atoms with Crippen LogP contribution in [0.15, 0.2) is 0 Å². The smallest absolute Gasteiger partial charge is 0.212 e. The van der Waals surface area contributed by atoms with Crippen molar-refractivity contribution in [3.63, 3.8) is 0 Å². The molecule has 1 unspecified atom stereocenters. The number of nitrogens with zero attached hydrogens (tertiary/aromatic N) is 1. The van der Waals surface area contributed by atoms with Gasteiger partial charge in [0, 0.05) is 18.4 Å². The molecule has 16 heavy (non-hydrogen) atoms. The second-order valence-corrected chi connectivity index (χ2v) is 7.52. The van der Waals surface area contributed by atoms with E-state index in [2.05, 4.69) is 15.9 Å². The second-order valence-electron chi connectivity index (χ2n) is 4.80. The Morgan fingerprint density at radius 1 is 1.31 bits per heavy atom. The molecule has 0 aromatic heterocycles. The maximum absolute atomic E-state index is 12.1. The summed E-state index contributed by atoms with van der Waals surface area (Å²) in [5.74, 6) is 0.713. The van der Waals surface area contributed by atoms with Gasteiger partial charge in [0.25, 0.3) is 0 Å². The molecule has 0 aromatic rings. The van der Waals surface area contributed by atoms with Crippen LogP contribution in [0.1, 0.15) is 39.0 Å². The van der Waals surface area contributed by atoms with Crippen molar-refractivity contribution in [3.05, 3.63) is 0 Å². The highest BCUT2D eigenvalue weighted by molar-refractivity contribution is 9.09. The maximum Gasteiger partial charge on any atom is 0.214 e. The average Bonchev–Trinajstić information content (AvgIpc) is 2.27. The number of hydrogen-bond donors (Lipinski definition) is 0. The van der Waals surface area contributed by atoms with Crippen LogP contribution in [0.25, 0.3) is 0 Å². The highest BCUT2D eigenvalue weighted by atomic mass is 79.9. The first-order valence-electron chi connectivity index (χ1n) is 5.99. The van der Waals surface area contributed by atoms with Gasteiger partial charge in [-0.1, -0.05) is 35.2 Å². The lowest BCUT2D eigenvalue weighted by molar-refractivity contribution is 0.366. The largest absolute Gasteiger partial charge is 0.214 e. The molecule has 0 bridgehead atoms. The Kier molecular flexibility index (Phi) is 5.74. The Hall–Kier alpha value is 0.390. The van der Waals surface area contributed by atoms with E-state index in [0.29, 0.717) is 17.0 Å². The van der Waals surface area contributed by atoms with Gasteiger partial charge in [-0.2, -0.15) is 0 Å². The topological polar surface area (TPSA) is 37.4 Å². The van der Waals surface area contributed by atoms with Crippen LogP contribution in [0, 0.1) is 5.92 Å². The molecular weight excluding hydrogens is 290 g/mol. The molecule has 0 radical (unpaired) electrons. The Morgan fingerprint density at radius 3 is 2.38 bits per heavy atom. The van der Waals surface area contributed by atoms with Gasteiger partial charge in [-0.05, 0) is 25.7 Å². The Bertz CT molecular complexity index is 299. The van der Waals surface area contributed by atoms with Crippen LogP contribution < -0.4 is 0 Å². The van der Waals surface area contributed by atoms with E-state index in [1.54, 1.807) is 7.05 Å². The molecule has 5 heteroatoms. The van der Waals surface area contributed by atoms with E-state index in [-0.39, 0.29) is 6.04 Å². The quantitative estimate of drug-likeness (QED) is 0.732. The number of hydrogen-bond acceptors (Lipinski definition) is 2. The molecule has 1 rings (SSSR count). The Labute approximate surface area is 108 Å². The molecule has 96 valence electrons. The van der Waals surface area contributed by atoms with Crippen molar-refractivity contribution in [2.24, 2.45) is 5.92 Å². The van der Waals surface area contributed by atoms with E-state index in [0.717, 1.165) is 12.8 Å². The van der Waals surface area contributed by atoms with Gasteiger partial charge in [-0.3, -0.25) is 0 Å². The summed E-state index contributed by atoms with van der Waals surface area (Å²) in [6.45, 7) is 1.92. The van der Waals surface area contributed by atoms with Crippen LogP contribution in [0.3, 0.4) is 0 Å². The van der Waals surface area contributed by atoms with Crippen molar-refractivity contribution < 1.29 is 8.42 Å². The molecule has 1 fully saturated rings. The van der Waals surface area contributed by atoms with E-state index in [9.17, 15) is 8.42 Å². The Balaban J connectivity index is 2.56. The lowest BCUT2D eigenvalue weighted by Gasteiger charge is -2.27. The van der Waals surface area contributed by atoms with E-state index in [4.69, 9.17) is 0 Å². The summed E-state index contributed by atoms with van der Waals surface area (Å²) in [5.41, 5.74) is 0. The molecule has 1 saturated carbocycles. The fraction of sp³-hybridized carbons (Fsp3) is 1.00. The van der Waals surface area contributed by atoms with Gasteiger partial charge in [0.15, 0.2) is 0 Å². The molecule has 0 saturated heterocycles. The average molecular weight is 312 g/mol. The zero-order valence-corrected chi connectivity index (χ0v) is 12.6. The first-order valence-corrected chi connectivity index (χ1v) is 8.72. The van der Waals surface area contributed by atoms with Crippen molar-refractivity contribution in [2.75, 3.05) is 18.1 Å². The third kappa shape index (κ3) is 4.00.